The van der Waals surface area contributed by atoms with Crippen molar-refractivity contribution in [2.24, 2.45) is 0 Å². The molecule has 0 fully saturated rings. The van der Waals surface area contributed by atoms with E-state index in [9.17, 15) is 9.90 Å². The number of hydrogen-bond acceptors (Lipinski definition) is 3. The first-order valence-electron chi connectivity index (χ1n) is 10.0. The van der Waals surface area contributed by atoms with Crippen LogP contribution in [-0.4, -0.2) is 14.9 Å². The molecule has 0 atom stereocenters. The summed E-state index contributed by atoms with van der Waals surface area (Å²) < 4.78 is 1.50. The summed E-state index contributed by atoms with van der Waals surface area (Å²) in [6.45, 7) is 8.47. The van der Waals surface area contributed by atoms with Gasteiger partial charge < -0.3 is 12.5 Å². The van der Waals surface area contributed by atoms with Gasteiger partial charge in [0.15, 0.2) is 5.75 Å². The van der Waals surface area contributed by atoms with E-state index in [2.05, 4.69) is 5.10 Å². The van der Waals surface area contributed by atoms with Crippen molar-refractivity contribution in [3.63, 3.8) is 0 Å². The third kappa shape index (κ3) is 6.89. The van der Waals surface area contributed by atoms with E-state index < -0.39 is 0 Å². The van der Waals surface area contributed by atoms with Gasteiger partial charge in [-0.25, -0.2) is 4.68 Å². The van der Waals surface area contributed by atoms with Gasteiger partial charge >= 0.3 is 0 Å². The van der Waals surface area contributed by atoms with Crippen LogP contribution in [0.5, 0.6) is 5.75 Å². The molecule has 0 unspecified atom stereocenters. The molecule has 1 aromatic heterocycles. The van der Waals surface area contributed by atoms with Crippen LogP contribution in [0.1, 0.15) is 44.0 Å². The molecule has 1 N–H and O–H groups in total. The minimum absolute atomic E-state index is 0. The second-order valence-corrected chi connectivity index (χ2v) is 6.50. The smallest absolute Gasteiger partial charge is 0.278 e. The summed E-state index contributed by atoms with van der Waals surface area (Å²) in [6, 6.07) is 17.7. The Kier molecular flexibility index (Phi) is 13.4. The van der Waals surface area contributed by atoms with E-state index in [-0.39, 0.29) is 51.4 Å². The maximum absolute atomic E-state index is 13.1. The summed E-state index contributed by atoms with van der Waals surface area (Å²) in [7, 11) is 0. The van der Waals surface area contributed by atoms with Crippen LogP contribution in [0.25, 0.3) is 11.1 Å². The Morgan fingerprint density at radius 2 is 1.57 bits per heavy atom. The Morgan fingerprint density at radius 1 is 0.967 bits per heavy atom. The Labute approximate surface area is 206 Å². The first-order valence-corrected chi connectivity index (χ1v) is 10.0. The van der Waals surface area contributed by atoms with Gasteiger partial charge in [-0.1, -0.05) is 81.8 Å². The van der Waals surface area contributed by atoms with E-state index in [1.807, 2.05) is 82.3 Å². The Morgan fingerprint density at radius 3 is 2.17 bits per heavy atom. The zero-order valence-electron chi connectivity index (χ0n) is 18.9. The summed E-state index contributed by atoms with van der Waals surface area (Å²) in [5.41, 5.74) is 3.58. The molecule has 3 rings (SSSR count). The predicted octanol–water partition coefficient (Wildman–Crippen LogP) is 5.59. The molecule has 2 aromatic carbocycles. The molecule has 0 bridgehead atoms. The largest absolute Gasteiger partial charge is 0.505 e. The summed E-state index contributed by atoms with van der Waals surface area (Å²) in [4.78, 5) is 13.1. The molecule has 0 saturated carbocycles. The van der Waals surface area contributed by atoms with Crippen molar-refractivity contribution in [1.29, 1.82) is 0 Å². The maximum atomic E-state index is 13.1. The van der Waals surface area contributed by atoms with Gasteiger partial charge in [0.1, 0.15) is 5.69 Å². The van der Waals surface area contributed by atoms with E-state index in [0.29, 0.717) is 24.2 Å². The Bertz CT molecular complexity index is 953. The molecule has 0 aliphatic heterocycles. The van der Waals surface area contributed by atoms with Crippen LogP contribution in [0.2, 0.25) is 0 Å². The summed E-state index contributed by atoms with van der Waals surface area (Å²) in [5, 5.41) is 15.2. The molecule has 0 spiro atoms. The van der Waals surface area contributed by atoms with Gasteiger partial charge in [-0.2, -0.15) is 5.10 Å². The third-order valence-corrected chi connectivity index (χ3v) is 4.56. The van der Waals surface area contributed by atoms with Crippen LogP contribution in [-0.2, 0) is 52.1 Å². The van der Waals surface area contributed by atoms with Crippen molar-refractivity contribution in [3.8, 4) is 16.9 Å². The minimum atomic E-state index is -0.243. The summed E-state index contributed by atoms with van der Waals surface area (Å²) >= 11 is 0. The van der Waals surface area contributed by atoms with Crippen molar-refractivity contribution >= 4 is 0 Å². The first-order chi connectivity index (χ1) is 13.6. The third-order valence-electron chi connectivity index (χ3n) is 4.56. The molecule has 5 heteroatoms. The molecule has 4 nitrogen and oxygen atoms in total. The zero-order valence-corrected chi connectivity index (χ0v) is 21.7. The second kappa shape index (κ2) is 14.3. The number of nitrogens with zero attached hydrogens (tertiary/aromatic N) is 2. The second-order valence-electron chi connectivity index (χ2n) is 6.50. The van der Waals surface area contributed by atoms with Crippen LogP contribution in [0.15, 0.2) is 59.4 Å². The Balaban J connectivity index is 0.00000204. The van der Waals surface area contributed by atoms with Crippen LogP contribution in [0, 0.1) is 14.4 Å². The molecule has 0 amide bonds. The summed E-state index contributed by atoms with van der Waals surface area (Å²) in [6.07, 6.45) is 2.21. The van der Waals surface area contributed by atoms with E-state index in [4.69, 9.17) is 0 Å². The van der Waals surface area contributed by atoms with Crippen molar-refractivity contribution in [3.05, 3.63) is 89.2 Å². The van der Waals surface area contributed by atoms with Crippen molar-refractivity contribution in [2.45, 2.75) is 53.5 Å². The Hall–Kier alpha value is -1.78. The van der Waals surface area contributed by atoms with Gasteiger partial charge in [0.25, 0.3) is 5.56 Å². The molecule has 3 aromatic rings. The molecule has 30 heavy (non-hydrogen) atoms. The average molecular weight is 482 g/mol. The van der Waals surface area contributed by atoms with Crippen LogP contribution < -0.4 is 5.56 Å². The number of benzene rings is 2. The molecule has 159 valence electrons. The van der Waals surface area contributed by atoms with Gasteiger partial charge in [-0.15, -0.1) is 0 Å². The fraction of sp³-hybridized carbons (Fsp3) is 0.320. The fourth-order valence-corrected chi connectivity index (χ4v) is 3.15. The van der Waals surface area contributed by atoms with Gasteiger partial charge in [0.2, 0.25) is 0 Å². The molecule has 0 saturated heterocycles. The minimum Gasteiger partial charge on any atom is -0.505 e. The predicted molar refractivity (Wildman–Crippen MR) is 122 cm³/mol. The van der Waals surface area contributed by atoms with E-state index in [0.717, 1.165) is 29.5 Å². The SMILES string of the molecule is CC.CCCc1nn(CCc2ccccc2)c(=O)c(-c2ccccc2C)c1O.[CH3-].[Y]. The monoisotopic (exact) mass is 482 g/mol. The van der Waals surface area contributed by atoms with E-state index in [1.54, 1.807) is 0 Å². The molecule has 0 aliphatic carbocycles. The van der Waals surface area contributed by atoms with Gasteiger partial charge in [-0.05, 0) is 36.5 Å². The van der Waals surface area contributed by atoms with Crippen molar-refractivity contribution in [2.75, 3.05) is 0 Å². The van der Waals surface area contributed by atoms with Crippen molar-refractivity contribution < 1.29 is 37.8 Å². The van der Waals surface area contributed by atoms with Crippen molar-refractivity contribution in [1.82, 2.24) is 9.78 Å². The molecule has 1 radical (unpaired) electrons. The average Bonchev–Trinajstić information content (AvgIpc) is 2.73. The number of hydrogen-bond donors (Lipinski definition) is 1. The summed E-state index contributed by atoms with van der Waals surface area (Å²) in [5.74, 6) is 0.0158. The molecule has 1 heterocycles. The first kappa shape index (κ1) is 28.2. The number of rotatable bonds is 6. The topological polar surface area (TPSA) is 55.1 Å². The van der Waals surface area contributed by atoms with Crippen LogP contribution >= 0.6 is 0 Å². The van der Waals surface area contributed by atoms with Crippen LogP contribution in [0.4, 0.5) is 0 Å². The standard InChI is InChI=1S/C22H24N2O2.C2H6.CH3.Y/c1-3-9-19-21(25)20(18-13-8-7-10-16(18)2)22(26)24(23-19)15-14-17-11-5-4-6-12-17;1-2;;/h4-8,10-13,25H,3,9,14-15H2,1-2H3;1-2H3;1H3;/q;;-1;. The maximum Gasteiger partial charge on any atom is 0.278 e. The van der Waals surface area contributed by atoms with Gasteiger partial charge in [0, 0.05) is 39.3 Å². The molecular weight excluding hydrogens is 449 g/mol. The molecule has 0 aliphatic rings. The zero-order chi connectivity index (χ0) is 20.5. The fourth-order valence-electron chi connectivity index (χ4n) is 3.15. The van der Waals surface area contributed by atoms with E-state index in [1.165, 1.54) is 4.68 Å². The number of aromatic hydroxyl groups is 1. The normalized spacial score (nSPS) is 9.60. The number of aromatic nitrogens is 2. The van der Waals surface area contributed by atoms with Gasteiger partial charge in [-0.3, -0.25) is 4.79 Å². The molecular formula is C25H33N2O2Y-. The number of aryl methyl sites for hydroxylation is 4. The van der Waals surface area contributed by atoms with E-state index >= 15 is 0 Å². The quantitative estimate of drug-likeness (QED) is 0.466. The van der Waals surface area contributed by atoms with Crippen LogP contribution in [0.3, 0.4) is 0 Å². The van der Waals surface area contributed by atoms with Gasteiger partial charge in [0.05, 0.1) is 5.56 Å².